The lowest BCUT2D eigenvalue weighted by Crippen LogP contribution is -2.23. The first-order valence-electron chi connectivity index (χ1n) is 7.25. The lowest BCUT2D eigenvalue weighted by molar-refractivity contribution is 0.245. The lowest BCUT2D eigenvalue weighted by Gasteiger charge is -2.34. The Morgan fingerprint density at radius 1 is 1.05 bits per heavy atom. The number of rotatable bonds is 1. The third-order valence-corrected chi connectivity index (χ3v) is 4.61. The normalized spacial score (nSPS) is 27.6. The van der Waals surface area contributed by atoms with Crippen LogP contribution in [-0.4, -0.2) is 10.1 Å². The number of hydrogen-bond donors (Lipinski definition) is 1. The zero-order valence-electron chi connectivity index (χ0n) is 11.6. The number of phenols is 1. The monoisotopic (exact) mass is 255 g/mol. The smallest absolute Gasteiger partial charge is 0.141 e. The van der Waals surface area contributed by atoms with Crippen LogP contribution in [0.1, 0.15) is 44.7 Å². The molecule has 1 saturated carbocycles. The van der Waals surface area contributed by atoms with Gasteiger partial charge in [-0.2, -0.15) is 0 Å². The maximum atomic E-state index is 9.96. The number of para-hydroxylation sites is 1. The number of benzene rings is 1. The van der Waals surface area contributed by atoms with E-state index in [-0.39, 0.29) is 5.75 Å². The zero-order valence-corrected chi connectivity index (χ0v) is 11.6. The van der Waals surface area contributed by atoms with Crippen molar-refractivity contribution < 1.29 is 5.11 Å². The van der Waals surface area contributed by atoms with E-state index in [9.17, 15) is 5.11 Å². The SMILES string of the molecule is CC1CCCC(C)C1c1ccc2cccc(O)c2n1. The molecule has 2 unspecified atom stereocenters. The summed E-state index contributed by atoms with van der Waals surface area (Å²) in [5, 5.41) is 11.0. The van der Waals surface area contributed by atoms with Crippen molar-refractivity contribution in [1.82, 2.24) is 4.98 Å². The molecule has 2 aromatic rings. The van der Waals surface area contributed by atoms with Crippen LogP contribution in [-0.2, 0) is 0 Å². The van der Waals surface area contributed by atoms with Gasteiger partial charge in [-0.15, -0.1) is 0 Å². The molecule has 2 nitrogen and oxygen atoms in total. The summed E-state index contributed by atoms with van der Waals surface area (Å²) in [5.74, 6) is 2.17. The van der Waals surface area contributed by atoms with Gasteiger partial charge in [0.25, 0.3) is 0 Å². The topological polar surface area (TPSA) is 33.1 Å². The molecule has 3 rings (SSSR count). The van der Waals surface area contributed by atoms with Crippen molar-refractivity contribution >= 4 is 10.9 Å². The molecule has 0 radical (unpaired) electrons. The highest BCUT2D eigenvalue weighted by molar-refractivity contribution is 5.84. The first-order valence-corrected chi connectivity index (χ1v) is 7.25. The molecule has 0 spiro atoms. The second-order valence-electron chi connectivity index (χ2n) is 6.00. The average Bonchev–Trinajstić information content (AvgIpc) is 2.39. The zero-order chi connectivity index (χ0) is 13.4. The molecule has 19 heavy (non-hydrogen) atoms. The summed E-state index contributed by atoms with van der Waals surface area (Å²) in [6, 6.07) is 9.81. The van der Waals surface area contributed by atoms with Crippen LogP contribution in [0.25, 0.3) is 10.9 Å². The third-order valence-electron chi connectivity index (χ3n) is 4.61. The first kappa shape index (κ1) is 12.5. The second-order valence-corrected chi connectivity index (χ2v) is 6.00. The number of aromatic nitrogens is 1. The minimum Gasteiger partial charge on any atom is -0.506 e. The van der Waals surface area contributed by atoms with Gasteiger partial charge in [0, 0.05) is 17.0 Å². The Morgan fingerprint density at radius 3 is 2.53 bits per heavy atom. The predicted octanol–water partition coefficient (Wildman–Crippen LogP) is 4.48. The number of nitrogens with zero attached hydrogens (tertiary/aromatic N) is 1. The molecule has 1 N–H and O–H groups in total. The minimum atomic E-state index is 0.287. The fraction of sp³-hybridized carbons (Fsp3) is 0.471. The molecule has 1 aromatic carbocycles. The van der Waals surface area contributed by atoms with Crippen molar-refractivity contribution in [2.45, 2.75) is 39.0 Å². The van der Waals surface area contributed by atoms with Gasteiger partial charge in [-0.1, -0.05) is 51.3 Å². The molecule has 2 atom stereocenters. The van der Waals surface area contributed by atoms with E-state index in [0.29, 0.717) is 17.8 Å². The van der Waals surface area contributed by atoms with E-state index >= 15 is 0 Å². The highest BCUT2D eigenvalue weighted by Gasteiger charge is 2.30. The van der Waals surface area contributed by atoms with Crippen LogP contribution >= 0.6 is 0 Å². The van der Waals surface area contributed by atoms with Gasteiger partial charge in [-0.25, -0.2) is 4.98 Å². The molecule has 0 saturated heterocycles. The maximum Gasteiger partial charge on any atom is 0.141 e. The van der Waals surface area contributed by atoms with Crippen LogP contribution < -0.4 is 0 Å². The van der Waals surface area contributed by atoms with Gasteiger partial charge in [0.1, 0.15) is 11.3 Å². The third kappa shape index (κ3) is 2.20. The Balaban J connectivity index is 2.07. The Kier molecular flexibility index (Phi) is 3.17. The average molecular weight is 255 g/mol. The molecular formula is C17H21NO. The van der Waals surface area contributed by atoms with E-state index in [4.69, 9.17) is 4.98 Å². The standard InChI is InChI=1S/C17H21NO/c1-11-5-3-6-12(2)16(11)14-10-9-13-7-4-8-15(19)17(13)18-14/h4,7-12,16,19H,3,5-6H2,1-2H3. The minimum absolute atomic E-state index is 0.287. The summed E-state index contributed by atoms with van der Waals surface area (Å²) in [6.45, 7) is 4.66. The van der Waals surface area contributed by atoms with Crippen molar-refractivity contribution in [3.63, 3.8) is 0 Å². The molecule has 0 bridgehead atoms. The second kappa shape index (κ2) is 4.84. The number of phenolic OH excluding ortho intramolecular Hbond substituents is 1. The lowest BCUT2D eigenvalue weighted by atomic mass is 9.72. The largest absolute Gasteiger partial charge is 0.506 e. The highest BCUT2D eigenvalue weighted by atomic mass is 16.3. The van der Waals surface area contributed by atoms with Crippen LogP contribution in [0, 0.1) is 11.8 Å². The van der Waals surface area contributed by atoms with Crippen LogP contribution in [0.3, 0.4) is 0 Å². The highest BCUT2D eigenvalue weighted by Crippen LogP contribution is 2.41. The number of fused-ring (bicyclic) bond motifs is 1. The summed E-state index contributed by atoms with van der Waals surface area (Å²) in [5.41, 5.74) is 1.89. The van der Waals surface area contributed by atoms with Crippen LogP contribution in [0.2, 0.25) is 0 Å². The van der Waals surface area contributed by atoms with Crippen LogP contribution in [0.5, 0.6) is 5.75 Å². The summed E-state index contributed by atoms with van der Waals surface area (Å²) >= 11 is 0. The van der Waals surface area contributed by atoms with E-state index in [2.05, 4.69) is 26.0 Å². The van der Waals surface area contributed by atoms with Gasteiger partial charge in [-0.05, 0) is 24.0 Å². The van der Waals surface area contributed by atoms with Crippen molar-refractivity contribution in [2.24, 2.45) is 11.8 Å². The Hall–Kier alpha value is -1.57. The Labute approximate surface area is 114 Å². The van der Waals surface area contributed by atoms with Crippen molar-refractivity contribution in [1.29, 1.82) is 0 Å². The molecule has 1 aliphatic carbocycles. The fourth-order valence-corrected chi connectivity index (χ4v) is 3.60. The summed E-state index contributed by atoms with van der Waals surface area (Å²) < 4.78 is 0. The molecule has 2 heteroatoms. The molecule has 1 aromatic heterocycles. The fourth-order valence-electron chi connectivity index (χ4n) is 3.60. The molecule has 1 fully saturated rings. The van der Waals surface area contributed by atoms with Gasteiger partial charge < -0.3 is 5.11 Å². The van der Waals surface area contributed by atoms with E-state index in [1.165, 1.54) is 19.3 Å². The van der Waals surface area contributed by atoms with E-state index in [1.54, 1.807) is 6.07 Å². The van der Waals surface area contributed by atoms with Gasteiger partial charge in [0.2, 0.25) is 0 Å². The predicted molar refractivity (Wildman–Crippen MR) is 78.3 cm³/mol. The molecule has 1 aliphatic rings. The molecule has 0 amide bonds. The van der Waals surface area contributed by atoms with Crippen LogP contribution in [0.15, 0.2) is 30.3 Å². The number of aromatic hydroxyl groups is 1. The molecule has 1 heterocycles. The molecular weight excluding hydrogens is 234 g/mol. The van der Waals surface area contributed by atoms with Gasteiger partial charge in [0.05, 0.1) is 0 Å². The van der Waals surface area contributed by atoms with Crippen molar-refractivity contribution in [3.05, 3.63) is 36.0 Å². The van der Waals surface area contributed by atoms with Crippen molar-refractivity contribution in [2.75, 3.05) is 0 Å². The van der Waals surface area contributed by atoms with E-state index < -0.39 is 0 Å². The van der Waals surface area contributed by atoms with Crippen molar-refractivity contribution in [3.8, 4) is 5.75 Å². The summed E-state index contributed by atoms with van der Waals surface area (Å²) in [7, 11) is 0. The molecule has 100 valence electrons. The van der Waals surface area contributed by atoms with E-state index in [1.807, 2.05) is 12.1 Å². The number of hydrogen-bond acceptors (Lipinski definition) is 2. The maximum absolute atomic E-state index is 9.96. The van der Waals surface area contributed by atoms with Gasteiger partial charge >= 0.3 is 0 Å². The Morgan fingerprint density at radius 2 is 1.79 bits per heavy atom. The quantitative estimate of drug-likeness (QED) is 0.815. The number of pyridine rings is 1. The first-order chi connectivity index (χ1) is 9.16. The summed E-state index contributed by atoms with van der Waals surface area (Å²) in [4.78, 5) is 4.75. The Bertz CT molecular complexity index is 583. The van der Waals surface area contributed by atoms with Gasteiger partial charge in [0.15, 0.2) is 0 Å². The van der Waals surface area contributed by atoms with Crippen LogP contribution in [0.4, 0.5) is 0 Å². The van der Waals surface area contributed by atoms with Gasteiger partial charge in [-0.3, -0.25) is 0 Å². The summed E-state index contributed by atoms with van der Waals surface area (Å²) in [6.07, 6.45) is 3.91. The van der Waals surface area contributed by atoms with E-state index in [0.717, 1.165) is 16.6 Å². The molecule has 0 aliphatic heterocycles.